The molecule has 1 aliphatic carbocycles. The molecule has 0 spiro atoms. The number of rotatable bonds is 4. The van der Waals surface area contributed by atoms with Gasteiger partial charge in [0.15, 0.2) is 11.5 Å². The summed E-state index contributed by atoms with van der Waals surface area (Å²) in [6.07, 6.45) is 1.61. The highest BCUT2D eigenvalue weighted by Crippen LogP contribution is 2.41. The fraction of sp³-hybridized carbons (Fsp3) is 0.350. The smallest absolute Gasteiger partial charge is 0.315 e. The maximum atomic E-state index is 13.3. The molecule has 0 saturated heterocycles. The fourth-order valence-electron chi connectivity index (χ4n) is 3.25. The highest BCUT2D eigenvalue weighted by molar-refractivity contribution is 6.32. The van der Waals surface area contributed by atoms with Gasteiger partial charge in [0.05, 0.1) is 18.2 Å². The Morgan fingerprint density at radius 2 is 2.07 bits per heavy atom. The maximum absolute atomic E-state index is 13.3. The molecule has 0 radical (unpaired) electrons. The molecule has 7 heteroatoms. The third-order valence-corrected chi connectivity index (χ3v) is 4.98. The minimum absolute atomic E-state index is 0.0270. The van der Waals surface area contributed by atoms with Gasteiger partial charge in [-0.25, -0.2) is 9.18 Å². The number of carbonyl (C=O) groups excluding carboxylic acids is 1. The van der Waals surface area contributed by atoms with Crippen molar-refractivity contribution in [3.05, 3.63) is 58.4 Å². The zero-order valence-corrected chi connectivity index (χ0v) is 15.4. The van der Waals surface area contributed by atoms with Gasteiger partial charge in [-0.3, -0.25) is 0 Å². The summed E-state index contributed by atoms with van der Waals surface area (Å²) in [5.74, 6) is 1.07. The van der Waals surface area contributed by atoms with Crippen LogP contribution in [0.2, 0.25) is 5.02 Å². The second-order valence-corrected chi connectivity index (χ2v) is 7.19. The number of amides is 2. The zero-order chi connectivity index (χ0) is 18.8. The van der Waals surface area contributed by atoms with Crippen molar-refractivity contribution in [1.82, 2.24) is 10.6 Å². The molecule has 2 aromatic rings. The Balaban J connectivity index is 1.31. The number of fused-ring (bicyclic) bond motifs is 1. The average molecular weight is 391 g/mol. The molecule has 0 aromatic heterocycles. The predicted octanol–water partition coefficient (Wildman–Crippen LogP) is 4.00. The van der Waals surface area contributed by atoms with Gasteiger partial charge in [0, 0.05) is 24.9 Å². The number of hydrogen-bond donors (Lipinski definition) is 2. The number of carbonyl (C=O) groups is 1. The number of urea groups is 1. The molecular formula is C20H20ClFN2O3. The van der Waals surface area contributed by atoms with Crippen LogP contribution in [0.25, 0.3) is 0 Å². The van der Waals surface area contributed by atoms with E-state index < -0.39 is 0 Å². The Bertz CT molecular complexity index is 861. The molecule has 5 nitrogen and oxygen atoms in total. The predicted molar refractivity (Wildman–Crippen MR) is 100.0 cm³/mol. The molecule has 142 valence electrons. The van der Waals surface area contributed by atoms with Gasteiger partial charge in [-0.15, -0.1) is 0 Å². The van der Waals surface area contributed by atoms with E-state index in [2.05, 4.69) is 10.6 Å². The quantitative estimate of drug-likeness (QED) is 0.829. The largest absolute Gasteiger partial charge is 0.489 e. The topological polar surface area (TPSA) is 59.6 Å². The van der Waals surface area contributed by atoms with Crippen LogP contribution in [0.4, 0.5) is 9.18 Å². The lowest BCUT2D eigenvalue weighted by Crippen LogP contribution is -2.36. The molecule has 27 heavy (non-hydrogen) atoms. The third kappa shape index (κ3) is 4.27. The van der Waals surface area contributed by atoms with Crippen LogP contribution in [0.5, 0.6) is 11.5 Å². The van der Waals surface area contributed by atoms with Crippen molar-refractivity contribution in [3.63, 3.8) is 0 Å². The number of benzene rings is 2. The molecule has 2 atom stereocenters. The minimum Gasteiger partial charge on any atom is -0.489 e. The van der Waals surface area contributed by atoms with Crippen LogP contribution >= 0.6 is 11.6 Å². The van der Waals surface area contributed by atoms with Crippen molar-refractivity contribution >= 4 is 17.6 Å². The molecule has 1 fully saturated rings. The minimum atomic E-state index is -0.262. The first-order valence-corrected chi connectivity index (χ1v) is 9.36. The highest BCUT2D eigenvalue weighted by Gasteiger charge is 2.39. The molecule has 2 aromatic carbocycles. The Morgan fingerprint density at radius 1 is 1.22 bits per heavy atom. The van der Waals surface area contributed by atoms with E-state index in [1.54, 1.807) is 12.1 Å². The normalized spacial score (nSPS) is 20.5. The van der Waals surface area contributed by atoms with Gasteiger partial charge < -0.3 is 20.1 Å². The van der Waals surface area contributed by atoms with Crippen LogP contribution in [0.15, 0.2) is 36.4 Å². The first-order valence-electron chi connectivity index (χ1n) is 8.98. The number of ether oxygens (including phenoxy) is 2. The lowest BCUT2D eigenvalue weighted by Gasteiger charge is -2.12. The van der Waals surface area contributed by atoms with Gasteiger partial charge in [0.1, 0.15) is 5.82 Å². The summed E-state index contributed by atoms with van der Waals surface area (Å²) in [5, 5.41) is 6.21. The summed E-state index contributed by atoms with van der Waals surface area (Å²) in [4.78, 5) is 12.2. The molecule has 2 aliphatic rings. The van der Waals surface area contributed by atoms with E-state index in [0.717, 1.165) is 24.0 Å². The van der Waals surface area contributed by atoms with Gasteiger partial charge in [0.25, 0.3) is 0 Å². The van der Waals surface area contributed by atoms with Gasteiger partial charge in [-0.05, 0) is 41.8 Å². The fourth-order valence-corrected chi connectivity index (χ4v) is 3.54. The van der Waals surface area contributed by atoms with Crippen molar-refractivity contribution in [2.24, 2.45) is 0 Å². The summed E-state index contributed by atoms with van der Waals surface area (Å²) >= 11 is 6.27. The summed E-state index contributed by atoms with van der Waals surface area (Å²) in [5.41, 5.74) is 1.74. The standard InChI is InChI=1S/C20H20ClFN2O3/c21-16-7-12(8-18-19(16)27-6-2-5-26-18)11-23-20(25)24-17-10-15(17)13-3-1-4-14(22)9-13/h1,3-4,7-9,15,17H,2,5-6,10-11H2,(H2,23,24,25)/t15-,17+/m0/s1. The number of halogens is 2. The van der Waals surface area contributed by atoms with Crippen LogP contribution in [-0.2, 0) is 6.54 Å². The molecule has 0 bridgehead atoms. The average Bonchev–Trinajstić information content (AvgIpc) is 3.43. The maximum Gasteiger partial charge on any atom is 0.315 e. The van der Waals surface area contributed by atoms with Crippen LogP contribution in [0.3, 0.4) is 0 Å². The molecule has 1 saturated carbocycles. The summed E-state index contributed by atoms with van der Waals surface area (Å²) < 4.78 is 24.6. The van der Waals surface area contributed by atoms with Crippen molar-refractivity contribution in [1.29, 1.82) is 0 Å². The molecule has 1 heterocycles. The lowest BCUT2D eigenvalue weighted by molar-refractivity contribution is 0.240. The van der Waals surface area contributed by atoms with E-state index in [1.807, 2.05) is 12.1 Å². The van der Waals surface area contributed by atoms with Gasteiger partial charge in [0.2, 0.25) is 0 Å². The van der Waals surface area contributed by atoms with E-state index >= 15 is 0 Å². The van der Waals surface area contributed by atoms with Crippen LogP contribution in [0.1, 0.15) is 29.9 Å². The first-order chi connectivity index (χ1) is 13.1. The SMILES string of the molecule is O=C(NCc1cc(Cl)c2c(c1)OCCCO2)N[C@@H]1C[C@H]1c1cccc(F)c1. The number of hydrogen-bond acceptors (Lipinski definition) is 3. The van der Waals surface area contributed by atoms with E-state index in [9.17, 15) is 9.18 Å². The Hall–Kier alpha value is -2.47. The van der Waals surface area contributed by atoms with E-state index in [-0.39, 0.29) is 23.8 Å². The van der Waals surface area contributed by atoms with E-state index in [0.29, 0.717) is 36.3 Å². The second kappa shape index (κ2) is 7.64. The Labute approximate surface area is 161 Å². The van der Waals surface area contributed by atoms with Gasteiger partial charge in [-0.2, -0.15) is 0 Å². The van der Waals surface area contributed by atoms with Crippen molar-refractivity contribution in [2.45, 2.75) is 31.3 Å². The van der Waals surface area contributed by atoms with Crippen molar-refractivity contribution in [3.8, 4) is 11.5 Å². The second-order valence-electron chi connectivity index (χ2n) is 6.79. The molecule has 1 aliphatic heterocycles. The van der Waals surface area contributed by atoms with Gasteiger partial charge in [-0.1, -0.05) is 23.7 Å². The summed E-state index contributed by atoms with van der Waals surface area (Å²) in [6, 6.07) is 9.87. The monoisotopic (exact) mass is 390 g/mol. The van der Waals surface area contributed by atoms with Crippen LogP contribution in [-0.4, -0.2) is 25.3 Å². The molecular weight excluding hydrogens is 371 g/mol. The summed E-state index contributed by atoms with van der Waals surface area (Å²) in [7, 11) is 0. The Morgan fingerprint density at radius 3 is 2.93 bits per heavy atom. The van der Waals surface area contributed by atoms with Gasteiger partial charge >= 0.3 is 6.03 Å². The highest BCUT2D eigenvalue weighted by atomic mass is 35.5. The van der Waals surface area contributed by atoms with Crippen molar-refractivity contribution in [2.75, 3.05) is 13.2 Å². The first kappa shape index (κ1) is 17.9. The van der Waals surface area contributed by atoms with E-state index in [1.165, 1.54) is 12.1 Å². The third-order valence-electron chi connectivity index (χ3n) is 4.70. The zero-order valence-electron chi connectivity index (χ0n) is 14.6. The molecule has 2 N–H and O–H groups in total. The van der Waals surface area contributed by atoms with E-state index in [4.69, 9.17) is 21.1 Å². The summed E-state index contributed by atoms with van der Waals surface area (Å²) in [6.45, 7) is 1.46. The van der Waals surface area contributed by atoms with Crippen LogP contribution in [0, 0.1) is 5.82 Å². The van der Waals surface area contributed by atoms with Crippen LogP contribution < -0.4 is 20.1 Å². The molecule has 2 amide bonds. The molecule has 4 rings (SSSR count). The van der Waals surface area contributed by atoms with Crippen molar-refractivity contribution < 1.29 is 18.7 Å². The number of nitrogens with one attached hydrogen (secondary N) is 2. The molecule has 0 unspecified atom stereocenters. The lowest BCUT2D eigenvalue weighted by atomic mass is 10.1. The Kier molecular flexibility index (Phi) is 5.07.